The van der Waals surface area contributed by atoms with Crippen molar-refractivity contribution in [3.63, 3.8) is 0 Å². The Morgan fingerprint density at radius 3 is 2.70 bits per heavy atom. The van der Waals surface area contributed by atoms with E-state index < -0.39 is 21.9 Å². The van der Waals surface area contributed by atoms with Gasteiger partial charge in [-0.25, -0.2) is 17.5 Å². The van der Waals surface area contributed by atoms with Crippen molar-refractivity contribution >= 4 is 15.7 Å². The molecule has 1 atom stereocenters. The smallest absolute Gasteiger partial charge is 0.240 e. The molecule has 0 heterocycles. The maximum absolute atomic E-state index is 13.5. The molecule has 114 valence electrons. The number of nitrogens with two attached hydrogens (primary N) is 1. The van der Waals surface area contributed by atoms with Gasteiger partial charge in [-0.05, 0) is 25.5 Å². The average Bonchev–Trinajstić information content (AvgIpc) is 2.35. The zero-order valence-corrected chi connectivity index (χ0v) is 12.2. The van der Waals surface area contributed by atoms with Crippen LogP contribution in [0.2, 0.25) is 0 Å². The normalized spacial score (nSPS) is 13.4. The highest BCUT2D eigenvalue weighted by Gasteiger charge is 2.17. The lowest BCUT2D eigenvalue weighted by Crippen LogP contribution is -2.28. The molecule has 6 nitrogen and oxygen atoms in total. The van der Waals surface area contributed by atoms with Gasteiger partial charge in [0, 0.05) is 24.9 Å². The van der Waals surface area contributed by atoms with Crippen LogP contribution >= 0.6 is 0 Å². The number of hydrogen-bond acceptors (Lipinski definition) is 5. The molecule has 0 spiro atoms. The number of halogens is 1. The number of ether oxygens (including phenoxy) is 1. The van der Waals surface area contributed by atoms with Gasteiger partial charge in [0.05, 0.1) is 17.6 Å². The summed E-state index contributed by atoms with van der Waals surface area (Å²) in [7, 11) is -2.42. The second-order valence-corrected chi connectivity index (χ2v) is 6.18. The first-order valence-electron chi connectivity index (χ1n) is 6.00. The average molecular weight is 306 g/mol. The third-order valence-electron chi connectivity index (χ3n) is 2.80. The Labute approximate surface area is 117 Å². The molecule has 0 bridgehead atoms. The van der Waals surface area contributed by atoms with E-state index in [2.05, 4.69) is 4.72 Å². The molecule has 4 N–H and O–H groups in total. The van der Waals surface area contributed by atoms with Gasteiger partial charge >= 0.3 is 0 Å². The number of aliphatic hydroxyl groups is 1. The zero-order valence-electron chi connectivity index (χ0n) is 11.4. The summed E-state index contributed by atoms with van der Waals surface area (Å²) in [5, 5.41) is 9.40. The van der Waals surface area contributed by atoms with Crippen LogP contribution < -0.4 is 10.5 Å². The third-order valence-corrected chi connectivity index (χ3v) is 4.24. The Morgan fingerprint density at radius 1 is 1.50 bits per heavy atom. The van der Waals surface area contributed by atoms with E-state index in [4.69, 9.17) is 10.5 Å². The van der Waals surface area contributed by atoms with Crippen LogP contribution in [0.5, 0.6) is 0 Å². The molecular formula is C12H19FN2O4S. The summed E-state index contributed by atoms with van der Waals surface area (Å²) in [4.78, 5) is -0.237. The van der Waals surface area contributed by atoms with Crippen LogP contribution in [0, 0.1) is 12.7 Å². The summed E-state index contributed by atoms with van der Waals surface area (Å²) in [6.07, 6.45) is -0.570. The van der Waals surface area contributed by atoms with E-state index in [0.29, 0.717) is 0 Å². The molecule has 1 aromatic carbocycles. The van der Waals surface area contributed by atoms with Crippen molar-refractivity contribution in [2.45, 2.75) is 24.3 Å². The van der Waals surface area contributed by atoms with Crippen molar-refractivity contribution in [1.82, 2.24) is 4.72 Å². The molecular weight excluding hydrogens is 287 g/mol. The van der Waals surface area contributed by atoms with Crippen molar-refractivity contribution in [2.75, 3.05) is 26.0 Å². The standard InChI is InChI=1S/C12H19FN2O4S/c1-8-11(13)5-10(6-12(8)14)20(17,18)15-4-3-9(16)7-19-2/h5-6,9,15-16H,3-4,7,14H2,1-2H3. The first kappa shape index (κ1) is 16.8. The molecule has 0 aromatic heterocycles. The van der Waals surface area contributed by atoms with Crippen molar-refractivity contribution in [2.24, 2.45) is 0 Å². The Bertz CT molecular complexity index is 540. The summed E-state index contributed by atoms with van der Waals surface area (Å²) >= 11 is 0. The number of rotatable bonds is 7. The molecule has 0 radical (unpaired) electrons. The Balaban J connectivity index is 2.75. The van der Waals surface area contributed by atoms with Gasteiger partial charge in [0.25, 0.3) is 0 Å². The topological polar surface area (TPSA) is 102 Å². The molecule has 20 heavy (non-hydrogen) atoms. The molecule has 0 amide bonds. The summed E-state index contributed by atoms with van der Waals surface area (Å²) in [6.45, 7) is 1.60. The van der Waals surface area contributed by atoms with Gasteiger partial charge in [-0.15, -0.1) is 0 Å². The second kappa shape index (κ2) is 6.98. The van der Waals surface area contributed by atoms with Gasteiger partial charge in [0.2, 0.25) is 10.0 Å². The molecule has 1 rings (SSSR count). The highest BCUT2D eigenvalue weighted by atomic mass is 32.2. The van der Waals surface area contributed by atoms with Gasteiger partial charge in [0.15, 0.2) is 0 Å². The summed E-state index contributed by atoms with van der Waals surface area (Å²) in [6, 6.07) is 2.12. The van der Waals surface area contributed by atoms with E-state index in [0.717, 1.165) is 6.07 Å². The maximum Gasteiger partial charge on any atom is 0.240 e. The molecule has 0 aliphatic heterocycles. The quantitative estimate of drug-likeness (QED) is 0.633. The number of nitrogen functional groups attached to an aromatic ring is 1. The molecule has 1 aromatic rings. The van der Waals surface area contributed by atoms with E-state index in [1.54, 1.807) is 0 Å². The molecule has 1 unspecified atom stereocenters. The van der Waals surface area contributed by atoms with Gasteiger partial charge in [0.1, 0.15) is 5.82 Å². The Morgan fingerprint density at radius 2 is 2.15 bits per heavy atom. The second-order valence-electron chi connectivity index (χ2n) is 4.41. The number of aliphatic hydroxyl groups excluding tert-OH is 1. The molecule has 0 fully saturated rings. The fourth-order valence-electron chi connectivity index (χ4n) is 1.55. The minimum absolute atomic E-state index is 0.0161. The molecule has 8 heteroatoms. The number of nitrogens with one attached hydrogen (secondary N) is 1. The van der Waals surface area contributed by atoms with E-state index in [9.17, 15) is 17.9 Å². The van der Waals surface area contributed by atoms with Gasteiger partial charge in [-0.1, -0.05) is 0 Å². The first-order valence-corrected chi connectivity index (χ1v) is 7.48. The van der Waals surface area contributed by atoms with Crippen LogP contribution in [0.15, 0.2) is 17.0 Å². The lowest BCUT2D eigenvalue weighted by atomic mass is 10.2. The van der Waals surface area contributed by atoms with E-state index in [1.165, 1.54) is 20.1 Å². The number of methoxy groups -OCH3 is 1. The van der Waals surface area contributed by atoms with Crippen LogP contribution in [0.3, 0.4) is 0 Å². The van der Waals surface area contributed by atoms with E-state index in [-0.39, 0.29) is 35.7 Å². The maximum atomic E-state index is 13.5. The van der Waals surface area contributed by atoms with Gasteiger partial charge in [-0.2, -0.15) is 0 Å². The van der Waals surface area contributed by atoms with E-state index in [1.807, 2.05) is 0 Å². The first-order chi connectivity index (χ1) is 9.27. The van der Waals surface area contributed by atoms with Crippen LogP contribution in [0.25, 0.3) is 0 Å². The fraction of sp³-hybridized carbons (Fsp3) is 0.500. The molecule has 0 aliphatic rings. The summed E-state index contributed by atoms with van der Waals surface area (Å²) in [5.41, 5.74) is 5.83. The highest BCUT2D eigenvalue weighted by molar-refractivity contribution is 7.89. The van der Waals surface area contributed by atoms with Gasteiger partial charge < -0.3 is 15.6 Å². The highest BCUT2D eigenvalue weighted by Crippen LogP contribution is 2.20. The van der Waals surface area contributed by atoms with Gasteiger partial charge in [-0.3, -0.25) is 0 Å². The summed E-state index contributed by atoms with van der Waals surface area (Å²) in [5.74, 6) is -0.676. The zero-order chi connectivity index (χ0) is 15.3. The van der Waals surface area contributed by atoms with Crippen LogP contribution in [0.1, 0.15) is 12.0 Å². The van der Waals surface area contributed by atoms with Crippen molar-refractivity contribution < 1.29 is 22.7 Å². The number of benzene rings is 1. The number of anilines is 1. The third kappa shape index (κ3) is 4.41. The van der Waals surface area contributed by atoms with Crippen molar-refractivity contribution in [3.05, 3.63) is 23.5 Å². The minimum Gasteiger partial charge on any atom is -0.398 e. The Hall–Kier alpha value is -1.22. The Kier molecular flexibility index (Phi) is 5.88. The molecule has 0 aliphatic carbocycles. The number of sulfonamides is 1. The predicted molar refractivity (Wildman–Crippen MR) is 73.2 cm³/mol. The van der Waals surface area contributed by atoms with Crippen molar-refractivity contribution in [3.8, 4) is 0 Å². The van der Waals surface area contributed by atoms with Crippen LogP contribution in [-0.4, -0.2) is 39.9 Å². The van der Waals surface area contributed by atoms with Crippen LogP contribution in [0.4, 0.5) is 10.1 Å². The molecule has 0 saturated carbocycles. The lowest BCUT2D eigenvalue weighted by molar-refractivity contribution is 0.0603. The SMILES string of the molecule is COCC(O)CCNS(=O)(=O)c1cc(N)c(C)c(F)c1. The summed E-state index contributed by atoms with van der Waals surface area (Å²) < 4.78 is 44.4. The van der Waals surface area contributed by atoms with E-state index >= 15 is 0 Å². The van der Waals surface area contributed by atoms with Crippen molar-refractivity contribution in [1.29, 1.82) is 0 Å². The molecule has 0 saturated heterocycles. The minimum atomic E-state index is -3.85. The largest absolute Gasteiger partial charge is 0.398 e. The predicted octanol–water partition coefficient (Wildman–Crippen LogP) is 0.392. The monoisotopic (exact) mass is 306 g/mol. The lowest BCUT2D eigenvalue weighted by Gasteiger charge is -2.11. The van der Waals surface area contributed by atoms with Crippen LogP contribution in [-0.2, 0) is 14.8 Å². The number of hydrogen-bond donors (Lipinski definition) is 3. The fourth-order valence-corrected chi connectivity index (χ4v) is 2.64.